The van der Waals surface area contributed by atoms with E-state index in [1.54, 1.807) is 31.4 Å². The van der Waals surface area contributed by atoms with E-state index in [4.69, 9.17) is 4.74 Å². The fourth-order valence-electron chi connectivity index (χ4n) is 2.77. The second kappa shape index (κ2) is 6.20. The molecule has 0 bridgehead atoms. The van der Waals surface area contributed by atoms with E-state index in [0.717, 1.165) is 18.8 Å². The molecule has 0 aromatic heterocycles. The predicted octanol–water partition coefficient (Wildman–Crippen LogP) is 2.58. The van der Waals surface area contributed by atoms with Crippen molar-refractivity contribution in [1.29, 1.82) is 0 Å². The van der Waals surface area contributed by atoms with Crippen molar-refractivity contribution in [3.05, 3.63) is 64.7 Å². The number of carbonyl (C=O) groups excluding carboxylic acids is 1. The van der Waals surface area contributed by atoms with Gasteiger partial charge in [-0.05, 0) is 42.3 Å². The second-order valence-corrected chi connectivity index (χ2v) is 5.59. The normalized spacial score (nSPS) is 16.7. The Balaban J connectivity index is 1.78. The Kier molecular flexibility index (Phi) is 4.11. The SMILES string of the molecule is COc1ccc(C(=O)NC2CNCc3ccc(C)cc32)cc1. The van der Waals surface area contributed by atoms with Crippen LogP contribution in [0.1, 0.15) is 33.1 Å². The lowest BCUT2D eigenvalue weighted by Gasteiger charge is -2.27. The van der Waals surface area contributed by atoms with Gasteiger partial charge in [0.1, 0.15) is 5.75 Å². The molecule has 1 atom stereocenters. The molecule has 4 nitrogen and oxygen atoms in total. The summed E-state index contributed by atoms with van der Waals surface area (Å²) < 4.78 is 5.12. The molecule has 114 valence electrons. The molecule has 0 spiro atoms. The average molecular weight is 296 g/mol. The van der Waals surface area contributed by atoms with E-state index in [-0.39, 0.29) is 11.9 Å². The molecule has 1 heterocycles. The highest BCUT2D eigenvalue weighted by Gasteiger charge is 2.22. The summed E-state index contributed by atoms with van der Waals surface area (Å²) in [6.45, 7) is 3.67. The minimum atomic E-state index is -0.0659. The van der Waals surface area contributed by atoms with Crippen LogP contribution in [-0.2, 0) is 6.54 Å². The Labute approximate surface area is 130 Å². The van der Waals surface area contributed by atoms with Gasteiger partial charge in [0.15, 0.2) is 0 Å². The summed E-state index contributed by atoms with van der Waals surface area (Å²) >= 11 is 0. The van der Waals surface area contributed by atoms with Crippen LogP contribution in [0.5, 0.6) is 5.75 Å². The number of ether oxygens (including phenoxy) is 1. The average Bonchev–Trinajstić information content (AvgIpc) is 2.55. The van der Waals surface area contributed by atoms with Gasteiger partial charge in [-0.2, -0.15) is 0 Å². The molecular formula is C18H20N2O2. The highest BCUT2D eigenvalue weighted by atomic mass is 16.5. The third-order valence-electron chi connectivity index (χ3n) is 4.00. The summed E-state index contributed by atoms with van der Waals surface area (Å²) in [6, 6.07) is 13.5. The quantitative estimate of drug-likeness (QED) is 0.915. The number of methoxy groups -OCH3 is 1. The molecule has 3 rings (SSSR count). The van der Waals surface area contributed by atoms with Gasteiger partial charge < -0.3 is 15.4 Å². The molecule has 1 unspecified atom stereocenters. The molecule has 22 heavy (non-hydrogen) atoms. The van der Waals surface area contributed by atoms with E-state index in [2.05, 4.69) is 35.8 Å². The molecule has 0 saturated carbocycles. The first-order valence-corrected chi connectivity index (χ1v) is 7.42. The van der Waals surface area contributed by atoms with Crippen molar-refractivity contribution in [2.75, 3.05) is 13.7 Å². The molecule has 2 aromatic carbocycles. The Morgan fingerprint density at radius 2 is 2.00 bits per heavy atom. The molecule has 4 heteroatoms. The van der Waals surface area contributed by atoms with Gasteiger partial charge in [-0.1, -0.05) is 23.8 Å². The number of aryl methyl sites for hydroxylation is 1. The van der Waals surface area contributed by atoms with E-state index in [1.165, 1.54) is 16.7 Å². The number of fused-ring (bicyclic) bond motifs is 1. The van der Waals surface area contributed by atoms with Crippen LogP contribution in [0.25, 0.3) is 0 Å². The van der Waals surface area contributed by atoms with Crippen LogP contribution < -0.4 is 15.4 Å². The first kappa shape index (κ1) is 14.6. The molecular weight excluding hydrogens is 276 g/mol. The third kappa shape index (κ3) is 2.97. The van der Waals surface area contributed by atoms with Crippen molar-refractivity contribution in [1.82, 2.24) is 10.6 Å². The zero-order valence-corrected chi connectivity index (χ0v) is 12.8. The molecule has 0 aliphatic carbocycles. The van der Waals surface area contributed by atoms with E-state index in [1.807, 2.05) is 0 Å². The van der Waals surface area contributed by atoms with Gasteiger partial charge in [-0.3, -0.25) is 4.79 Å². The number of carbonyl (C=O) groups is 1. The minimum Gasteiger partial charge on any atom is -0.497 e. The topological polar surface area (TPSA) is 50.4 Å². The van der Waals surface area contributed by atoms with Crippen LogP contribution in [0.2, 0.25) is 0 Å². The number of benzene rings is 2. The molecule has 2 N–H and O–H groups in total. The number of nitrogens with one attached hydrogen (secondary N) is 2. The summed E-state index contributed by atoms with van der Waals surface area (Å²) in [5.74, 6) is 0.681. The van der Waals surface area contributed by atoms with Gasteiger partial charge in [0, 0.05) is 18.7 Å². The fourth-order valence-corrected chi connectivity index (χ4v) is 2.77. The number of hydrogen-bond donors (Lipinski definition) is 2. The number of rotatable bonds is 3. The first-order valence-electron chi connectivity index (χ1n) is 7.42. The zero-order valence-electron chi connectivity index (χ0n) is 12.8. The molecule has 0 fully saturated rings. The van der Waals surface area contributed by atoms with E-state index < -0.39 is 0 Å². The maximum atomic E-state index is 12.4. The first-order chi connectivity index (χ1) is 10.7. The Morgan fingerprint density at radius 1 is 1.23 bits per heavy atom. The van der Waals surface area contributed by atoms with Gasteiger partial charge in [0.2, 0.25) is 0 Å². The smallest absolute Gasteiger partial charge is 0.251 e. The molecule has 1 aliphatic heterocycles. The summed E-state index contributed by atoms with van der Waals surface area (Å²) in [7, 11) is 1.61. The van der Waals surface area contributed by atoms with Crippen LogP contribution in [0.15, 0.2) is 42.5 Å². The van der Waals surface area contributed by atoms with Gasteiger partial charge >= 0.3 is 0 Å². The second-order valence-electron chi connectivity index (χ2n) is 5.59. The molecule has 1 amide bonds. The van der Waals surface area contributed by atoms with Crippen molar-refractivity contribution < 1.29 is 9.53 Å². The maximum absolute atomic E-state index is 12.4. The standard InChI is InChI=1S/C18H20N2O2/c1-12-3-4-14-10-19-11-17(16(14)9-12)20-18(21)13-5-7-15(22-2)8-6-13/h3-9,17,19H,10-11H2,1-2H3,(H,20,21). The van der Waals surface area contributed by atoms with Gasteiger partial charge in [-0.25, -0.2) is 0 Å². The molecule has 2 aromatic rings. The molecule has 1 aliphatic rings. The largest absolute Gasteiger partial charge is 0.497 e. The molecule has 0 saturated heterocycles. The minimum absolute atomic E-state index is 0.00162. The van der Waals surface area contributed by atoms with Gasteiger partial charge in [-0.15, -0.1) is 0 Å². The Bertz CT molecular complexity index is 680. The third-order valence-corrected chi connectivity index (χ3v) is 4.00. The van der Waals surface area contributed by atoms with Crippen LogP contribution >= 0.6 is 0 Å². The van der Waals surface area contributed by atoms with Crippen LogP contribution in [0, 0.1) is 6.92 Å². The van der Waals surface area contributed by atoms with Crippen molar-refractivity contribution >= 4 is 5.91 Å². The van der Waals surface area contributed by atoms with Crippen molar-refractivity contribution in [3.63, 3.8) is 0 Å². The lowest BCUT2D eigenvalue weighted by atomic mass is 9.94. The van der Waals surface area contributed by atoms with Gasteiger partial charge in [0.05, 0.1) is 13.2 Å². The van der Waals surface area contributed by atoms with E-state index >= 15 is 0 Å². The maximum Gasteiger partial charge on any atom is 0.251 e. The van der Waals surface area contributed by atoms with Gasteiger partial charge in [0.25, 0.3) is 5.91 Å². The predicted molar refractivity (Wildman–Crippen MR) is 86.1 cm³/mol. The summed E-state index contributed by atoms with van der Waals surface area (Å²) in [4.78, 5) is 12.4. The lowest BCUT2D eigenvalue weighted by Crippen LogP contribution is -2.39. The fraction of sp³-hybridized carbons (Fsp3) is 0.278. The van der Waals surface area contributed by atoms with E-state index in [0.29, 0.717) is 5.56 Å². The summed E-state index contributed by atoms with van der Waals surface area (Å²) in [5, 5.41) is 6.46. The Hall–Kier alpha value is -2.33. The van der Waals surface area contributed by atoms with E-state index in [9.17, 15) is 4.79 Å². The Morgan fingerprint density at radius 3 is 2.73 bits per heavy atom. The highest BCUT2D eigenvalue weighted by molar-refractivity contribution is 5.94. The summed E-state index contributed by atoms with van der Waals surface area (Å²) in [6.07, 6.45) is 0. The van der Waals surface area contributed by atoms with Crippen LogP contribution in [0.3, 0.4) is 0 Å². The zero-order chi connectivity index (χ0) is 15.5. The van der Waals surface area contributed by atoms with Crippen LogP contribution in [-0.4, -0.2) is 19.6 Å². The monoisotopic (exact) mass is 296 g/mol. The van der Waals surface area contributed by atoms with Crippen molar-refractivity contribution in [2.24, 2.45) is 0 Å². The number of hydrogen-bond acceptors (Lipinski definition) is 3. The molecule has 0 radical (unpaired) electrons. The van der Waals surface area contributed by atoms with Crippen molar-refractivity contribution in [2.45, 2.75) is 19.5 Å². The highest BCUT2D eigenvalue weighted by Crippen LogP contribution is 2.23. The number of amides is 1. The van der Waals surface area contributed by atoms with Crippen molar-refractivity contribution in [3.8, 4) is 5.75 Å². The summed E-state index contributed by atoms with van der Waals surface area (Å²) in [5.41, 5.74) is 4.31. The lowest BCUT2D eigenvalue weighted by molar-refractivity contribution is 0.0934. The van der Waals surface area contributed by atoms with Crippen LogP contribution in [0.4, 0.5) is 0 Å².